The van der Waals surface area contributed by atoms with Crippen molar-refractivity contribution in [2.45, 2.75) is 25.5 Å². The largest absolute Gasteiger partial charge is 0.331 e. The number of aromatic nitrogens is 2. The normalized spacial score (nSPS) is 12.5. The minimum absolute atomic E-state index is 0.490. The Hall–Kier alpha value is -1.67. The van der Waals surface area contributed by atoms with Gasteiger partial charge in [0.05, 0.1) is 15.8 Å². The minimum atomic E-state index is -3.50. The van der Waals surface area contributed by atoms with Crippen LogP contribution in [-0.4, -0.2) is 34.8 Å². The first kappa shape index (κ1) is 15.7. The molecule has 0 fully saturated rings. The van der Waals surface area contributed by atoms with Crippen molar-refractivity contribution >= 4 is 44.7 Å². The molecule has 0 aliphatic heterocycles. The third-order valence-corrected chi connectivity index (χ3v) is 5.77. The van der Waals surface area contributed by atoms with Crippen LogP contribution in [0.15, 0.2) is 18.2 Å². The molecule has 1 aromatic carbocycles. The standard InChI is InChI=1S/C13H17N3O3S2/c1-13(2,3)21(18,19)7-11(17)14-8-4-5-9-10(6-8)16-12(20)15-9/h4-6H,7H2,1-3H3,(H,14,17)(H2,15,16,20). The number of carbonyl (C=O) groups is 1. The van der Waals surface area contributed by atoms with Crippen LogP contribution in [0.2, 0.25) is 0 Å². The summed E-state index contributed by atoms with van der Waals surface area (Å²) in [6.45, 7) is 4.71. The number of rotatable bonds is 3. The van der Waals surface area contributed by atoms with Gasteiger partial charge in [0.2, 0.25) is 5.91 Å². The average molecular weight is 327 g/mol. The van der Waals surface area contributed by atoms with Gasteiger partial charge in [-0.2, -0.15) is 0 Å². The molecule has 3 N–H and O–H groups in total. The predicted molar refractivity (Wildman–Crippen MR) is 85.7 cm³/mol. The van der Waals surface area contributed by atoms with Crippen molar-refractivity contribution in [1.82, 2.24) is 9.97 Å². The predicted octanol–water partition coefficient (Wildman–Crippen LogP) is 2.38. The van der Waals surface area contributed by atoms with Crippen LogP contribution in [0.1, 0.15) is 20.8 Å². The smallest absolute Gasteiger partial charge is 0.239 e. The third kappa shape index (κ3) is 3.51. The highest BCUT2D eigenvalue weighted by Gasteiger charge is 2.31. The summed E-state index contributed by atoms with van der Waals surface area (Å²) in [5.41, 5.74) is 2.08. The minimum Gasteiger partial charge on any atom is -0.331 e. The molecule has 21 heavy (non-hydrogen) atoms. The summed E-state index contributed by atoms with van der Waals surface area (Å²) >= 11 is 4.98. The van der Waals surface area contributed by atoms with Gasteiger partial charge in [-0.3, -0.25) is 4.79 Å². The van der Waals surface area contributed by atoms with Crippen LogP contribution >= 0.6 is 12.2 Å². The van der Waals surface area contributed by atoms with Gasteiger partial charge < -0.3 is 15.3 Å². The summed E-state index contributed by atoms with van der Waals surface area (Å²) in [6.07, 6.45) is 0. The number of sulfone groups is 1. The maximum atomic E-state index is 12.0. The summed E-state index contributed by atoms with van der Waals surface area (Å²) in [7, 11) is -3.50. The molecule has 2 aromatic rings. The molecular weight excluding hydrogens is 310 g/mol. The molecule has 0 aliphatic rings. The molecule has 8 heteroatoms. The molecule has 0 saturated carbocycles. The Morgan fingerprint density at radius 2 is 1.86 bits per heavy atom. The van der Waals surface area contributed by atoms with Crippen molar-refractivity contribution in [3.8, 4) is 0 Å². The molecule has 0 bridgehead atoms. The molecule has 0 radical (unpaired) electrons. The van der Waals surface area contributed by atoms with Gasteiger partial charge >= 0.3 is 0 Å². The van der Waals surface area contributed by atoms with E-state index in [-0.39, 0.29) is 0 Å². The number of H-pyrrole nitrogens is 2. The van der Waals surface area contributed by atoms with Gasteiger partial charge in [0, 0.05) is 5.69 Å². The molecule has 1 amide bonds. The number of imidazole rings is 1. The number of fused-ring (bicyclic) bond motifs is 1. The van der Waals surface area contributed by atoms with Crippen molar-refractivity contribution in [3.63, 3.8) is 0 Å². The van der Waals surface area contributed by atoms with Crippen LogP contribution in [0.3, 0.4) is 0 Å². The van der Waals surface area contributed by atoms with Crippen LogP contribution in [0.5, 0.6) is 0 Å². The van der Waals surface area contributed by atoms with E-state index in [1.165, 1.54) is 0 Å². The highest BCUT2D eigenvalue weighted by atomic mass is 32.2. The van der Waals surface area contributed by atoms with Crippen LogP contribution in [0.4, 0.5) is 5.69 Å². The molecule has 0 aliphatic carbocycles. The Morgan fingerprint density at radius 1 is 1.24 bits per heavy atom. The molecule has 0 unspecified atom stereocenters. The van der Waals surface area contributed by atoms with E-state index in [1.54, 1.807) is 39.0 Å². The summed E-state index contributed by atoms with van der Waals surface area (Å²) in [5.74, 6) is -1.10. The van der Waals surface area contributed by atoms with Crippen molar-refractivity contribution in [3.05, 3.63) is 23.0 Å². The van der Waals surface area contributed by atoms with Crippen LogP contribution < -0.4 is 5.32 Å². The van der Waals surface area contributed by atoms with Gasteiger partial charge in [0.25, 0.3) is 0 Å². The molecular formula is C13H17N3O3S2. The number of amides is 1. The van der Waals surface area contributed by atoms with Gasteiger partial charge in [-0.25, -0.2) is 8.42 Å². The number of hydrogen-bond acceptors (Lipinski definition) is 4. The Morgan fingerprint density at radius 3 is 2.48 bits per heavy atom. The molecule has 1 heterocycles. The Bertz CT molecular complexity index is 841. The van der Waals surface area contributed by atoms with Crippen LogP contribution in [0.25, 0.3) is 11.0 Å². The summed E-state index contributed by atoms with van der Waals surface area (Å²) < 4.78 is 23.5. The lowest BCUT2D eigenvalue weighted by Gasteiger charge is -2.18. The highest BCUT2D eigenvalue weighted by molar-refractivity contribution is 7.93. The topological polar surface area (TPSA) is 94.8 Å². The van der Waals surface area contributed by atoms with Crippen LogP contribution in [-0.2, 0) is 14.6 Å². The second-order valence-electron chi connectivity index (χ2n) is 5.76. The lowest BCUT2D eigenvalue weighted by Crippen LogP contribution is -2.35. The van der Waals surface area contributed by atoms with E-state index in [1.807, 2.05) is 0 Å². The van der Waals surface area contributed by atoms with Crippen molar-refractivity contribution in [2.75, 3.05) is 11.1 Å². The fraction of sp³-hybridized carbons (Fsp3) is 0.385. The molecule has 0 saturated heterocycles. The highest BCUT2D eigenvalue weighted by Crippen LogP contribution is 2.18. The fourth-order valence-electron chi connectivity index (χ4n) is 1.70. The summed E-state index contributed by atoms with van der Waals surface area (Å²) in [5, 5.41) is 2.59. The number of anilines is 1. The van der Waals surface area contributed by atoms with E-state index in [0.717, 1.165) is 11.0 Å². The first-order chi connectivity index (χ1) is 9.58. The van der Waals surface area contributed by atoms with Gasteiger partial charge in [0.15, 0.2) is 14.6 Å². The monoisotopic (exact) mass is 327 g/mol. The van der Waals surface area contributed by atoms with Crippen molar-refractivity contribution < 1.29 is 13.2 Å². The molecule has 1 aromatic heterocycles. The van der Waals surface area contributed by atoms with Crippen molar-refractivity contribution in [1.29, 1.82) is 0 Å². The molecule has 6 nitrogen and oxygen atoms in total. The van der Waals surface area contributed by atoms with Crippen LogP contribution in [0, 0.1) is 4.77 Å². The molecule has 2 rings (SSSR count). The van der Waals surface area contributed by atoms with Gasteiger partial charge in [-0.15, -0.1) is 0 Å². The van der Waals surface area contributed by atoms with E-state index in [2.05, 4.69) is 15.3 Å². The lowest BCUT2D eigenvalue weighted by molar-refractivity contribution is -0.113. The average Bonchev–Trinajstić information content (AvgIpc) is 2.65. The van der Waals surface area contributed by atoms with Gasteiger partial charge in [-0.05, 0) is 51.2 Å². The Kier molecular flexibility index (Phi) is 3.94. The molecule has 0 atom stereocenters. The van der Waals surface area contributed by atoms with E-state index < -0.39 is 26.2 Å². The first-order valence-corrected chi connectivity index (χ1v) is 8.39. The van der Waals surface area contributed by atoms with Gasteiger partial charge in [0.1, 0.15) is 5.75 Å². The quantitative estimate of drug-likeness (QED) is 0.754. The third-order valence-electron chi connectivity index (χ3n) is 3.05. The molecule has 114 valence electrons. The Balaban J connectivity index is 2.16. The number of hydrogen-bond donors (Lipinski definition) is 3. The number of aromatic amines is 2. The lowest BCUT2D eigenvalue weighted by atomic mass is 10.3. The summed E-state index contributed by atoms with van der Waals surface area (Å²) in [4.78, 5) is 17.8. The SMILES string of the molecule is CC(C)(C)S(=O)(=O)CC(=O)Nc1ccc2[nH]c(=S)[nH]c2c1. The summed E-state index contributed by atoms with van der Waals surface area (Å²) in [6, 6.07) is 5.14. The fourth-order valence-corrected chi connectivity index (χ4v) is 2.77. The van der Waals surface area contributed by atoms with Crippen molar-refractivity contribution in [2.24, 2.45) is 0 Å². The number of carbonyl (C=O) groups excluding carboxylic acids is 1. The number of nitrogens with one attached hydrogen (secondary N) is 3. The van der Waals surface area contributed by atoms with Gasteiger partial charge in [-0.1, -0.05) is 0 Å². The second-order valence-corrected chi connectivity index (χ2v) is 8.91. The van der Waals surface area contributed by atoms with E-state index in [9.17, 15) is 13.2 Å². The first-order valence-electron chi connectivity index (χ1n) is 6.33. The zero-order valence-electron chi connectivity index (χ0n) is 12.0. The zero-order valence-corrected chi connectivity index (χ0v) is 13.6. The van der Waals surface area contributed by atoms with E-state index >= 15 is 0 Å². The van der Waals surface area contributed by atoms with E-state index in [4.69, 9.17) is 12.2 Å². The zero-order chi connectivity index (χ0) is 15.8. The maximum absolute atomic E-state index is 12.0. The second kappa shape index (κ2) is 5.27. The van der Waals surface area contributed by atoms with E-state index in [0.29, 0.717) is 10.5 Å². The number of benzene rings is 1. The Labute approximate surface area is 127 Å². The molecule has 0 spiro atoms. The maximum Gasteiger partial charge on any atom is 0.239 e.